The molecule has 0 unspecified atom stereocenters. The molecule has 0 amide bonds. The third-order valence-electron chi connectivity index (χ3n) is 2.20. The van der Waals surface area contributed by atoms with E-state index in [-0.39, 0.29) is 13.2 Å². The van der Waals surface area contributed by atoms with E-state index in [2.05, 4.69) is 5.16 Å². The van der Waals surface area contributed by atoms with Gasteiger partial charge in [0.25, 0.3) is 5.52 Å². The van der Waals surface area contributed by atoms with Crippen molar-refractivity contribution in [3.05, 3.63) is 0 Å². The third kappa shape index (κ3) is 7.72. The second kappa shape index (κ2) is 8.57. The number of carbonyl (C=O) groups is 2. The highest BCUT2D eigenvalue weighted by Crippen LogP contribution is 2.48. The van der Waals surface area contributed by atoms with Gasteiger partial charge in [0.05, 0.1) is 13.2 Å². The number of carbonyl (C=O) groups excluding carboxylic acids is 2. The molecule has 0 aliphatic rings. The molecule has 0 aromatic heterocycles. The van der Waals surface area contributed by atoms with Crippen molar-refractivity contribution < 1.29 is 32.8 Å². The molecule has 0 aliphatic heterocycles. The molecule has 0 N–H and O–H groups in total. The molecule has 0 atom stereocenters. The second-order valence-electron chi connectivity index (χ2n) is 6.01. The maximum Gasteiger partial charge on any atom is 0.402 e. The van der Waals surface area contributed by atoms with Crippen LogP contribution in [-0.4, -0.2) is 42.1 Å². The summed E-state index contributed by atoms with van der Waals surface area (Å²) in [6.45, 7) is 11.3. The summed E-state index contributed by atoms with van der Waals surface area (Å²) >= 11 is 0. The van der Waals surface area contributed by atoms with Crippen LogP contribution in [0, 0.1) is 0 Å². The molecule has 0 saturated heterocycles. The van der Waals surface area contributed by atoms with Crippen LogP contribution in [0.4, 0.5) is 0 Å². The van der Waals surface area contributed by atoms with Gasteiger partial charge in [-0.1, -0.05) is 5.16 Å². The van der Waals surface area contributed by atoms with E-state index in [9.17, 15) is 14.2 Å². The summed E-state index contributed by atoms with van der Waals surface area (Å²) in [5, 5.41) is 3.42. The van der Waals surface area contributed by atoms with Crippen molar-refractivity contribution >= 4 is 25.3 Å². The van der Waals surface area contributed by atoms with Crippen molar-refractivity contribution in [3.8, 4) is 0 Å². The quantitative estimate of drug-likeness (QED) is 0.272. The predicted octanol–water partition coefficient (Wildman–Crippen LogP) is 2.90. The first-order valence-electron chi connectivity index (χ1n) is 7.26. The van der Waals surface area contributed by atoms with E-state index < -0.39 is 30.3 Å². The zero-order chi connectivity index (χ0) is 18.3. The number of hydrogen-bond donors (Lipinski definition) is 0. The fourth-order valence-corrected chi connectivity index (χ4v) is 2.41. The van der Waals surface area contributed by atoms with Gasteiger partial charge < -0.3 is 18.6 Å². The lowest BCUT2D eigenvalue weighted by molar-refractivity contribution is -0.179. The second-order valence-corrected chi connectivity index (χ2v) is 7.96. The minimum atomic E-state index is -3.93. The van der Waals surface area contributed by atoms with Crippen LogP contribution in [0.5, 0.6) is 0 Å². The molecule has 134 valence electrons. The number of oxime groups is 1. The molecule has 0 bridgehead atoms. The van der Waals surface area contributed by atoms with Crippen LogP contribution in [0.1, 0.15) is 48.5 Å². The van der Waals surface area contributed by atoms with Gasteiger partial charge in [-0.2, -0.15) is 0 Å². The van der Waals surface area contributed by atoms with Crippen LogP contribution in [0.25, 0.3) is 0 Å². The molecule has 0 saturated carbocycles. The normalized spacial score (nSPS) is 13.2. The highest BCUT2D eigenvalue weighted by atomic mass is 31.2. The van der Waals surface area contributed by atoms with Gasteiger partial charge in [0.1, 0.15) is 11.8 Å². The molecule has 0 rings (SSSR count). The van der Waals surface area contributed by atoms with Crippen LogP contribution >= 0.6 is 7.60 Å². The number of rotatable bonds is 9. The highest BCUT2D eigenvalue weighted by molar-refractivity contribution is 7.74. The summed E-state index contributed by atoms with van der Waals surface area (Å²) < 4.78 is 27.1. The maximum atomic E-state index is 12.2. The first kappa shape index (κ1) is 21.8. The number of nitrogens with zero attached hydrogens (tertiary/aromatic N) is 1. The Balaban J connectivity index is 4.87. The fourth-order valence-electron chi connectivity index (χ4n) is 1.22. The third-order valence-corrected chi connectivity index (χ3v) is 4.05. The van der Waals surface area contributed by atoms with E-state index in [1.165, 1.54) is 13.8 Å². The molecule has 9 heteroatoms. The zero-order valence-electron chi connectivity index (χ0n) is 14.7. The first-order chi connectivity index (χ1) is 10.4. The summed E-state index contributed by atoms with van der Waals surface area (Å²) in [6, 6.07) is 0. The minimum Gasteiger partial charge on any atom is -0.457 e. The molecule has 0 spiro atoms. The maximum absolute atomic E-state index is 12.2. The Morgan fingerprint density at radius 3 is 1.91 bits per heavy atom. The van der Waals surface area contributed by atoms with Crippen molar-refractivity contribution in [2.24, 2.45) is 5.16 Å². The number of ether oxygens (including phenoxy) is 1. The van der Waals surface area contributed by atoms with E-state index in [1.807, 2.05) is 0 Å². The fraction of sp³-hybridized carbons (Fsp3) is 0.786. The standard InChI is InChI=1S/C14H26NO7P/c1-8-19-23(18,20-9-2)11(16)10-15-22-14(6,7)12(17)21-13(3,4)5/h10H,8-9H2,1-7H3. The van der Waals surface area contributed by atoms with Crippen LogP contribution in [0.2, 0.25) is 0 Å². The molecule has 0 aromatic rings. The van der Waals surface area contributed by atoms with Gasteiger partial charge in [0, 0.05) is 0 Å². The summed E-state index contributed by atoms with van der Waals surface area (Å²) in [7, 11) is -3.93. The van der Waals surface area contributed by atoms with E-state index in [4.69, 9.17) is 18.6 Å². The van der Waals surface area contributed by atoms with Gasteiger partial charge in [-0.25, -0.2) is 4.79 Å². The summed E-state index contributed by atoms with van der Waals surface area (Å²) in [6.07, 6.45) is 0.679. The largest absolute Gasteiger partial charge is 0.457 e. The Morgan fingerprint density at radius 2 is 1.52 bits per heavy atom. The van der Waals surface area contributed by atoms with Crippen molar-refractivity contribution in [1.29, 1.82) is 0 Å². The lowest BCUT2D eigenvalue weighted by Gasteiger charge is -2.26. The van der Waals surface area contributed by atoms with E-state index in [0.29, 0.717) is 6.21 Å². The van der Waals surface area contributed by atoms with Crippen LogP contribution < -0.4 is 0 Å². The Kier molecular flexibility index (Phi) is 8.11. The molecular formula is C14H26NO7P. The summed E-state index contributed by atoms with van der Waals surface area (Å²) in [5.74, 6) is -0.646. The molecule has 0 radical (unpaired) electrons. The monoisotopic (exact) mass is 351 g/mol. The SMILES string of the molecule is CCOP(=O)(OCC)C(=O)C=NOC(C)(C)C(=O)OC(C)(C)C. The van der Waals surface area contributed by atoms with Crippen LogP contribution in [-0.2, 0) is 32.8 Å². The van der Waals surface area contributed by atoms with Gasteiger partial charge in [-0.05, 0) is 48.5 Å². The lowest BCUT2D eigenvalue weighted by Crippen LogP contribution is -2.39. The molecule has 0 aliphatic carbocycles. The van der Waals surface area contributed by atoms with E-state index in [0.717, 1.165) is 0 Å². The minimum absolute atomic E-state index is 0.0428. The lowest BCUT2D eigenvalue weighted by atomic mass is 10.1. The predicted molar refractivity (Wildman–Crippen MR) is 85.4 cm³/mol. The van der Waals surface area contributed by atoms with Gasteiger partial charge in [0.15, 0.2) is 0 Å². The number of esters is 1. The van der Waals surface area contributed by atoms with Crippen molar-refractivity contribution in [1.82, 2.24) is 0 Å². The summed E-state index contributed by atoms with van der Waals surface area (Å²) in [4.78, 5) is 28.8. The van der Waals surface area contributed by atoms with Gasteiger partial charge in [-0.3, -0.25) is 9.36 Å². The average molecular weight is 351 g/mol. The Bertz CT molecular complexity index is 484. The van der Waals surface area contributed by atoms with Crippen molar-refractivity contribution in [2.45, 2.75) is 59.7 Å². The Hall–Kier alpha value is -1.24. The highest BCUT2D eigenvalue weighted by Gasteiger charge is 2.36. The Labute approximate surface area is 137 Å². The van der Waals surface area contributed by atoms with E-state index >= 15 is 0 Å². The Morgan fingerprint density at radius 1 is 1.04 bits per heavy atom. The average Bonchev–Trinajstić information content (AvgIpc) is 2.36. The smallest absolute Gasteiger partial charge is 0.402 e. The van der Waals surface area contributed by atoms with Gasteiger partial charge in [0.2, 0.25) is 5.60 Å². The van der Waals surface area contributed by atoms with Crippen LogP contribution in [0.15, 0.2) is 5.16 Å². The molecule has 0 heterocycles. The van der Waals surface area contributed by atoms with Crippen molar-refractivity contribution in [2.75, 3.05) is 13.2 Å². The van der Waals surface area contributed by atoms with Crippen molar-refractivity contribution in [3.63, 3.8) is 0 Å². The van der Waals surface area contributed by atoms with Gasteiger partial charge >= 0.3 is 13.6 Å². The number of hydrogen-bond acceptors (Lipinski definition) is 8. The van der Waals surface area contributed by atoms with Gasteiger partial charge in [-0.15, -0.1) is 0 Å². The van der Waals surface area contributed by atoms with Crippen LogP contribution in [0.3, 0.4) is 0 Å². The molecule has 8 nitrogen and oxygen atoms in total. The molecule has 0 aromatic carbocycles. The summed E-state index contributed by atoms with van der Waals surface area (Å²) in [5.41, 5.74) is -3.05. The first-order valence-corrected chi connectivity index (χ1v) is 8.81. The molecule has 0 fully saturated rings. The topological polar surface area (TPSA) is 100 Å². The molecule has 23 heavy (non-hydrogen) atoms. The zero-order valence-corrected chi connectivity index (χ0v) is 15.6. The molecular weight excluding hydrogens is 325 g/mol. The van der Waals surface area contributed by atoms with E-state index in [1.54, 1.807) is 34.6 Å².